The Labute approximate surface area is 116 Å². The molecule has 0 saturated carbocycles. The third-order valence-corrected chi connectivity index (χ3v) is 3.56. The predicted molar refractivity (Wildman–Crippen MR) is 73.9 cm³/mol. The topological polar surface area (TPSA) is 44.4 Å². The molecule has 19 heavy (non-hydrogen) atoms. The molecule has 0 aromatic heterocycles. The van der Waals surface area contributed by atoms with E-state index >= 15 is 0 Å². The average Bonchev–Trinajstić information content (AvgIpc) is 2.43. The van der Waals surface area contributed by atoms with Crippen molar-refractivity contribution in [2.24, 2.45) is 0 Å². The molecule has 1 unspecified atom stereocenters. The summed E-state index contributed by atoms with van der Waals surface area (Å²) in [6.45, 7) is 5.34. The maximum absolute atomic E-state index is 13.0. The molecule has 1 aromatic rings. The highest BCUT2D eigenvalue weighted by atomic mass is 35.5. The van der Waals surface area contributed by atoms with E-state index in [2.05, 4.69) is 15.5 Å². The van der Waals surface area contributed by atoms with Gasteiger partial charge in [-0.3, -0.25) is 9.69 Å². The van der Waals surface area contributed by atoms with E-state index in [-0.39, 0.29) is 17.0 Å². The van der Waals surface area contributed by atoms with Crippen LogP contribution in [0, 0.1) is 5.82 Å². The number of rotatable bonds is 3. The number of piperazine rings is 1. The minimum atomic E-state index is -0.491. The van der Waals surface area contributed by atoms with E-state index in [0.717, 1.165) is 26.2 Å². The first kappa shape index (κ1) is 14.2. The number of hydrogen-bond donors (Lipinski definition) is 2. The maximum Gasteiger partial charge on any atom is 0.241 e. The first-order valence-corrected chi connectivity index (χ1v) is 6.66. The van der Waals surface area contributed by atoms with Crippen molar-refractivity contribution in [1.82, 2.24) is 10.2 Å². The fourth-order valence-electron chi connectivity index (χ4n) is 2.06. The molecule has 1 saturated heterocycles. The van der Waals surface area contributed by atoms with E-state index < -0.39 is 5.82 Å². The number of carbonyl (C=O) groups excluding carboxylic acids is 1. The summed E-state index contributed by atoms with van der Waals surface area (Å²) >= 11 is 5.68. The molecule has 1 amide bonds. The predicted octanol–water partition coefficient (Wildman–Crippen LogP) is 1.71. The minimum Gasteiger partial charge on any atom is -0.325 e. The summed E-state index contributed by atoms with van der Waals surface area (Å²) in [4.78, 5) is 14.2. The van der Waals surface area contributed by atoms with E-state index in [9.17, 15) is 9.18 Å². The molecule has 0 aliphatic carbocycles. The van der Waals surface area contributed by atoms with E-state index in [1.807, 2.05) is 6.92 Å². The molecule has 1 heterocycles. The summed E-state index contributed by atoms with van der Waals surface area (Å²) in [7, 11) is 0. The average molecular weight is 286 g/mol. The lowest BCUT2D eigenvalue weighted by Gasteiger charge is -2.31. The van der Waals surface area contributed by atoms with Crippen LogP contribution in [0.3, 0.4) is 0 Å². The third-order valence-electron chi connectivity index (χ3n) is 3.27. The second kappa shape index (κ2) is 6.32. The number of benzene rings is 1. The number of carbonyl (C=O) groups is 1. The van der Waals surface area contributed by atoms with Crippen molar-refractivity contribution in [2.45, 2.75) is 13.0 Å². The monoisotopic (exact) mass is 285 g/mol. The molecular weight excluding hydrogens is 269 g/mol. The van der Waals surface area contributed by atoms with Gasteiger partial charge in [-0.15, -0.1) is 0 Å². The van der Waals surface area contributed by atoms with Gasteiger partial charge in [0.2, 0.25) is 5.91 Å². The van der Waals surface area contributed by atoms with E-state index in [1.54, 1.807) is 0 Å². The van der Waals surface area contributed by atoms with Crippen LogP contribution in [0.2, 0.25) is 5.02 Å². The van der Waals surface area contributed by atoms with Crippen LogP contribution in [0.5, 0.6) is 0 Å². The van der Waals surface area contributed by atoms with Crippen molar-refractivity contribution in [2.75, 3.05) is 31.5 Å². The van der Waals surface area contributed by atoms with E-state index in [0.29, 0.717) is 5.69 Å². The second-order valence-electron chi connectivity index (χ2n) is 4.58. The first-order valence-electron chi connectivity index (χ1n) is 6.28. The molecule has 104 valence electrons. The molecule has 1 aliphatic rings. The van der Waals surface area contributed by atoms with Crippen LogP contribution < -0.4 is 10.6 Å². The Bertz CT molecular complexity index is 463. The number of hydrogen-bond acceptors (Lipinski definition) is 3. The van der Waals surface area contributed by atoms with Gasteiger partial charge in [0, 0.05) is 31.9 Å². The largest absolute Gasteiger partial charge is 0.325 e. The normalized spacial score (nSPS) is 18.1. The summed E-state index contributed by atoms with van der Waals surface area (Å²) in [6, 6.07) is 3.95. The lowest BCUT2D eigenvalue weighted by Crippen LogP contribution is -2.51. The Balaban J connectivity index is 1.97. The van der Waals surface area contributed by atoms with Crippen molar-refractivity contribution in [3.05, 3.63) is 29.0 Å². The summed E-state index contributed by atoms with van der Waals surface area (Å²) in [5.74, 6) is -0.598. The number of nitrogens with one attached hydrogen (secondary N) is 2. The van der Waals surface area contributed by atoms with Gasteiger partial charge >= 0.3 is 0 Å². The summed E-state index contributed by atoms with van der Waals surface area (Å²) in [6.07, 6.45) is 0. The van der Waals surface area contributed by atoms with Crippen LogP contribution in [-0.2, 0) is 4.79 Å². The van der Waals surface area contributed by atoms with Gasteiger partial charge in [0.25, 0.3) is 0 Å². The van der Waals surface area contributed by atoms with Crippen molar-refractivity contribution in [3.63, 3.8) is 0 Å². The summed E-state index contributed by atoms with van der Waals surface area (Å²) in [5, 5.41) is 6.00. The van der Waals surface area contributed by atoms with Gasteiger partial charge in [-0.1, -0.05) is 11.6 Å². The molecular formula is C13H17ClFN3O. The summed E-state index contributed by atoms with van der Waals surface area (Å²) < 4.78 is 13.0. The minimum absolute atomic E-state index is 0.00706. The van der Waals surface area contributed by atoms with Crippen LogP contribution in [0.4, 0.5) is 10.1 Å². The molecule has 1 atom stereocenters. The lowest BCUT2D eigenvalue weighted by molar-refractivity contribution is -0.120. The van der Waals surface area contributed by atoms with Gasteiger partial charge < -0.3 is 10.6 Å². The molecule has 4 nitrogen and oxygen atoms in total. The van der Waals surface area contributed by atoms with Crippen molar-refractivity contribution >= 4 is 23.2 Å². The molecule has 2 rings (SSSR count). The van der Waals surface area contributed by atoms with Crippen LogP contribution >= 0.6 is 11.6 Å². The van der Waals surface area contributed by atoms with Gasteiger partial charge in [-0.05, 0) is 25.1 Å². The van der Waals surface area contributed by atoms with Gasteiger partial charge in [0.15, 0.2) is 0 Å². The molecule has 0 bridgehead atoms. The Kier molecular flexibility index (Phi) is 4.74. The first-order chi connectivity index (χ1) is 9.08. The van der Waals surface area contributed by atoms with E-state index in [4.69, 9.17) is 11.6 Å². The highest BCUT2D eigenvalue weighted by molar-refractivity contribution is 6.31. The quantitative estimate of drug-likeness (QED) is 0.889. The standard InChI is InChI=1S/C13H17ClFN3O/c1-9(18-6-4-16-5-7-18)13(19)17-10-2-3-12(15)11(14)8-10/h2-3,8-9,16H,4-7H2,1H3,(H,17,19). The molecule has 6 heteroatoms. The van der Waals surface area contributed by atoms with Crippen molar-refractivity contribution in [1.29, 1.82) is 0 Å². The Hall–Kier alpha value is -1.17. The van der Waals surface area contributed by atoms with Crippen LogP contribution in [0.25, 0.3) is 0 Å². The summed E-state index contributed by atoms with van der Waals surface area (Å²) in [5.41, 5.74) is 0.512. The van der Waals surface area contributed by atoms with Gasteiger partial charge in [0.05, 0.1) is 11.1 Å². The number of halogens is 2. The fraction of sp³-hybridized carbons (Fsp3) is 0.462. The van der Waals surface area contributed by atoms with Crippen molar-refractivity contribution < 1.29 is 9.18 Å². The maximum atomic E-state index is 13.0. The van der Waals surface area contributed by atoms with Gasteiger partial charge in [0.1, 0.15) is 5.82 Å². The molecule has 1 aromatic carbocycles. The van der Waals surface area contributed by atoms with Crippen LogP contribution in [-0.4, -0.2) is 43.0 Å². The zero-order valence-electron chi connectivity index (χ0n) is 10.7. The highest BCUT2D eigenvalue weighted by Gasteiger charge is 2.22. The molecule has 0 radical (unpaired) electrons. The molecule has 1 aliphatic heterocycles. The fourth-order valence-corrected chi connectivity index (χ4v) is 2.24. The number of nitrogens with zero attached hydrogens (tertiary/aromatic N) is 1. The van der Waals surface area contributed by atoms with Crippen LogP contribution in [0.15, 0.2) is 18.2 Å². The number of anilines is 1. The van der Waals surface area contributed by atoms with Crippen LogP contribution in [0.1, 0.15) is 6.92 Å². The molecule has 0 spiro atoms. The Morgan fingerprint density at radius 2 is 2.16 bits per heavy atom. The third kappa shape index (κ3) is 3.65. The van der Waals surface area contributed by atoms with Gasteiger partial charge in [-0.2, -0.15) is 0 Å². The molecule has 1 fully saturated rings. The Morgan fingerprint density at radius 3 is 2.79 bits per heavy atom. The zero-order chi connectivity index (χ0) is 13.8. The highest BCUT2D eigenvalue weighted by Crippen LogP contribution is 2.19. The second-order valence-corrected chi connectivity index (χ2v) is 4.99. The lowest BCUT2D eigenvalue weighted by atomic mass is 10.2. The van der Waals surface area contributed by atoms with Crippen molar-refractivity contribution in [3.8, 4) is 0 Å². The van der Waals surface area contributed by atoms with Gasteiger partial charge in [-0.25, -0.2) is 4.39 Å². The van der Waals surface area contributed by atoms with E-state index in [1.165, 1.54) is 18.2 Å². The smallest absolute Gasteiger partial charge is 0.241 e. The molecule has 2 N–H and O–H groups in total. The number of amides is 1. The Morgan fingerprint density at radius 1 is 1.47 bits per heavy atom. The zero-order valence-corrected chi connectivity index (χ0v) is 11.5. The SMILES string of the molecule is CC(C(=O)Nc1ccc(F)c(Cl)c1)N1CCNCC1.